The van der Waals surface area contributed by atoms with E-state index in [1.807, 2.05) is 0 Å². The lowest BCUT2D eigenvalue weighted by Gasteiger charge is -2.33. The number of alkyl halides is 2. The zero-order valence-corrected chi connectivity index (χ0v) is 14.4. The third kappa shape index (κ3) is 2.95. The summed E-state index contributed by atoms with van der Waals surface area (Å²) >= 11 is 0. The largest absolute Gasteiger partial charge is 0.435 e. The van der Waals surface area contributed by atoms with Crippen molar-refractivity contribution < 1.29 is 28.6 Å². The number of piperidine rings is 1. The molecule has 1 unspecified atom stereocenters. The number of likely N-dealkylation sites (N-methyl/N-ethyl adjacent to an activating group) is 1. The Labute approximate surface area is 145 Å². The van der Waals surface area contributed by atoms with Gasteiger partial charge in [-0.1, -0.05) is 6.07 Å². The maximum Gasteiger partial charge on any atom is 0.387 e. The number of halogens is 2. The Morgan fingerprint density at radius 1 is 1.40 bits per heavy atom. The fourth-order valence-electron chi connectivity index (χ4n) is 3.90. The first-order valence-corrected chi connectivity index (χ1v) is 8.42. The highest BCUT2D eigenvalue weighted by atomic mass is 19.3. The smallest absolute Gasteiger partial charge is 0.387 e. The molecule has 0 bridgehead atoms. The molecule has 1 aromatic carbocycles. The van der Waals surface area contributed by atoms with Crippen LogP contribution in [-0.2, 0) is 10.3 Å². The number of carbonyl (C=O) groups is 1. The van der Waals surface area contributed by atoms with E-state index in [-0.39, 0.29) is 17.6 Å². The molecule has 2 aliphatic rings. The Kier molecular flexibility index (Phi) is 4.64. The minimum absolute atomic E-state index is 0.0785. The number of amides is 1. The van der Waals surface area contributed by atoms with Crippen molar-refractivity contribution in [1.29, 1.82) is 0 Å². The van der Waals surface area contributed by atoms with E-state index in [9.17, 15) is 13.6 Å². The van der Waals surface area contributed by atoms with Gasteiger partial charge in [0, 0.05) is 24.3 Å². The van der Waals surface area contributed by atoms with Gasteiger partial charge in [-0.05, 0) is 24.6 Å². The molecule has 0 saturated carbocycles. The Morgan fingerprint density at radius 2 is 2.08 bits per heavy atom. The summed E-state index contributed by atoms with van der Waals surface area (Å²) in [7, 11) is 1.64. The van der Waals surface area contributed by atoms with Crippen molar-refractivity contribution >= 4 is 11.9 Å². The average molecular weight is 354 g/mol. The van der Waals surface area contributed by atoms with Gasteiger partial charge in [0.1, 0.15) is 5.75 Å². The lowest BCUT2D eigenvalue weighted by Crippen LogP contribution is -2.91. The number of guanidine groups is 1. The molecule has 0 radical (unpaired) electrons. The van der Waals surface area contributed by atoms with Gasteiger partial charge in [0.25, 0.3) is 0 Å². The van der Waals surface area contributed by atoms with Gasteiger partial charge in [0.2, 0.25) is 5.54 Å². The minimum Gasteiger partial charge on any atom is -0.435 e. The summed E-state index contributed by atoms with van der Waals surface area (Å²) in [6, 6.07) is 4.92. The number of quaternary nitrogens is 1. The number of nitrogens with two attached hydrogens (primary N) is 2. The predicted molar refractivity (Wildman–Crippen MR) is 86.8 cm³/mol. The Hall–Kier alpha value is -2.22. The molecule has 2 heterocycles. The average Bonchev–Trinajstić information content (AvgIpc) is 2.82. The fraction of sp³-hybridized carbons (Fsp3) is 0.529. The molecule has 0 aliphatic carbocycles. The van der Waals surface area contributed by atoms with E-state index in [0.717, 1.165) is 31.5 Å². The molecule has 1 fully saturated rings. The van der Waals surface area contributed by atoms with Gasteiger partial charge in [-0.2, -0.15) is 8.78 Å². The highest BCUT2D eigenvalue weighted by Gasteiger charge is 2.57. The van der Waals surface area contributed by atoms with Crippen molar-refractivity contribution in [2.45, 2.75) is 31.9 Å². The number of carbonyl (C=O) groups excluding carboxylic acids is 1. The molecule has 2 aliphatic heterocycles. The van der Waals surface area contributed by atoms with Crippen LogP contribution in [-0.4, -0.2) is 43.5 Å². The standard InChI is InChI=1S/C17H22F2N4O2/c1-10-9-12(3-4-13(10)25-15(18)19)17(11-5-7-21-8-6-11)14(24)23(2)16(20)22-17/h3-4,9,11,15,21H,5-8H2,1-2H3,(H2,20,22)/p+2. The van der Waals surface area contributed by atoms with E-state index >= 15 is 0 Å². The van der Waals surface area contributed by atoms with Crippen LogP contribution in [0.2, 0.25) is 0 Å². The van der Waals surface area contributed by atoms with Gasteiger partial charge in [-0.25, -0.2) is 4.90 Å². The van der Waals surface area contributed by atoms with Gasteiger partial charge in [0.05, 0.1) is 20.1 Å². The third-order valence-corrected chi connectivity index (χ3v) is 5.23. The first-order valence-electron chi connectivity index (χ1n) is 8.42. The van der Waals surface area contributed by atoms with Gasteiger partial charge in [0.15, 0.2) is 0 Å². The van der Waals surface area contributed by atoms with Crippen LogP contribution in [0.1, 0.15) is 24.0 Å². The molecule has 25 heavy (non-hydrogen) atoms. The lowest BCUT2D eigenvalue weighted by molar-refractivity contribution is -0.671. The molecular formula is C17H24F2N4O2+2. The van der Waals surface area contributed by atoms with Crippen molar-refractivity contribution in [3.05, 3.63) is 29.3 Å². The Balaban J connectivity index is 2.07. The monoisotopic (exact) mass is 354 g/mol. The molecule has 1 atom stereocenters. The summed E-state index contributed by atoms with van der Waals surface area (Å²) in [6.45, 7) is 0.695. The molecule has 136 valence electrons. The number of benzene rings is 1. The molecular weight excluding hydrogens is 330 g/mol. The Bertz CT molecular complexity index is 704. The van der Waals surface area contributed by atoms with Crippen molar-refractivity contribution in [2.24, 2.45) is 11.7 Å². The Morgan fingerprint density at radius 3 is 2.60 bits per heavy atom. The fourth-order valence-corrected chi connectivity index (χ4v) is 3.90. The summed E-state index contributed by atoms with van der Waals surface area (Å²) < 4.78 is 29.6. The number of nitrogens with zero attached hydrogens (tertiary/aromatic N) is 1. The van der Waals surface area contributed by atoms with Gasteiger partial charge in [-0.15, -0.1) is 0 Å². The predicted octanol–water partition coefficient (Wildman–Crippen LogP) is -1.37. The van der Waals surface area contributed by atoms with Crippen LogP contribution in [0.15, 0.2) is 18.2 Å². The number of hydrogen-bond donors (Lipinski definition) is 3. The maximum absolute atomic E-state index is 13.1. The highest BCUT2D eigenvalue weighted by molar-refractivity contribution is 6.01. The minimum atomic E-state index is -2.88. The number of hydrogen-bond acceptors (Lipinski definition) is 3. The SMILES string of the molecule is Cc1cc(C2(C3CC[NH2+]CC3)[NH+]=C(N)N(C)C2=O)ccc1OC(F)F. The second kappa shape index (κ2) is 6.59. The summed E-state index contributed by atoms with van der Waals surface area (Å²) in [6.07, 6.45) is 1.74. The van der Waals surface area contributed by atoms with E-state index in [2.05, 4.69) is 15.0 Å². The first-order chi connectivity index (χ1) is 11.9. The van der Waals surface area contributed by atoms with Gasteiger partial charge < -0.3 is 10.1 Å². The van der Waals surface area contributed by atoms with Crippen molar-refractivity contribution in [1.82, 2.24) is 4.90 Å². The second-order valence-corrected chi connectivity index (χ2v) is 6.68. The van der Waals surface area contributed by atoms with Crippen LogP contribution in [0.5, 0.6) is 5.75 Å². The van der Waals surface area contributed by atoms with Gasteiger partial charge >= 0.3 is 18.5 Å². The third-order valence-electron chi connectivity index (χ3n) is 5.23. The van der Waals surface area contributed by atoms with Crippen LogP contribution in [0.3, 0.4) is 0 Å². The molecule has 1 aromatic rings. The summed E-state index contributed by atoms with van der Waals surface area (Å²) in [5, 5.41) is 2.23. The molecule has 0 spiro atoms. The molecule has 3 rings (SSSR count). The quantitative estimate of drug-likeness (QED) is 0.624. The van der Waals surface area contributed by atoms with Crippen molar-refractivity contribution in [3.8, 4) is 5.75 Å². The molecule has 0 aromatic heterocycles. The molecule has 1 amide bonds. The van der Waals surface area contributed by atoms with E-state index in [0.29, 0.717) is 11.5 Å². The second-order valence-electron chi connectivity index (χ2n) is 6.68. The topological polar surface area (TPSA) is 86.1 Å². The van der Waals surface area contributed by atoms with E-state index in [1.165, 1.54) is 11.0 Å². The van der Waals surface area contributed by atoms with Crippen LogP contribution in [0.25, 0.3) is 0 Å². The van der Waals surface area contributed by atoms with Crippen molar-refractivity contribution in [3.63, 3.8) is 0 Å². The normalized spacial score (nSPS) is 24.8. The van der Waals surface area contributed by atoms with Gasteiger partial charge in [-0.3, -0.25) is 15.5 Å². The first kappa shape index (κ1) is 17.6. The number of aryl methyl sites for hydroxylation is 1. The van der Waals surface area contributed by atoms with Crippen LogP contribution < -0.4 is 20.8 Å². The maximum atomic E-state index is 13.1. The lowest BCUT2D eigenvalue weighted by atomic mass is 9.73. The van der Waals surface area contributed by atoms with Crippen molar-refractivity contribution in [2.75, 3.05) is 20.1 Å². The number of ether oxygens (including phenoxy) is 1. The van der Waals surface area contributed by atoms with Crippen LogP contribution >= 0.6 is 0 Å². The molecule has 1 saturated heterocycles. The van der Waals surface area contributed by atoms with Crippen LogP contribution in [0.4, 0.5) is 8.78 Å². The van der Waals surface area contributed by atoms with Crippen LogP contribution in [0, 0.1) is 12.8 Å². The molecule has 6 nitrogen and oxygen atoms in total. The van der Waals surface area contributed by atoms with E-state index in [1.54, 1.807) is 26.1 Å². The zero-order valence-electron chi connectivity index (χ0n) is 14.4. The highest BCUT2D eigenvalue weighted by Crippen LogP contribution is 2.36. The summed E-state index contributed by atoms with van der Waals surface area (Å²) in [5.74, 6) is 0.389. The zero-order chi connectivity index (χ0) is 18.2. The molecule has 8 heteroatoms. The summed E-state index contributed by atoms with van der Waals surface area (Å²) in [4.78, 5) is 17.7. The van der Waals surface area contributed by atoms with E-state index < -0.39 is 12.2 Å². The number of nitrogens with one attached hydrogen (secondary N) is 1. The molecule has 5 N–H and O–H groups in total. The number of rotatable bonds is 4. The summed E-state index contributed by atoms with van der Waals surface area (Å²) in [5.41, 5.74) is 6.33. The van der Waals surface area contributed by atoms with E-state index in [4.69, 9.17) is 5.73 Å².